The largest absolute Gasteiger partial charge is 0.491 e. The molecule has 1 aromatic heterocycles. The van der Waals surface area contributed by atoms with E-state index in [1.807, 2.05) is 37.0 Å². The zero-order valence-corrected chi connectivity index (χ0v) is 11.1. The Balaban J connectivity index is 2.26. The lowest BCUT2D eigenvalue weighted by Gasteiger charge is -2.11. The second-order valence-corrected chi connectivity index (χ2v) is 4.16. The van der Waals surface area contributed by atoms with Crippen molar-refractivity contribution in [3.63, 3.8) is 0 Å². The maximum Gasteiger partial charge on any atom is 0.157 e. The van der Waals surface area contributed by atoms with Crippen molar-refractivity contribution in [2.24, 2.45) is 0 Å². The Morgan fingerprint density at radius 1 is 1.44 bits per heavy atom. The van der Waals surface area contributed by atoms with E-state index in [-0.39, 0.29) is 0 Å². The molecule has 4 heteroatoms. The molecule has 1 heterocycles. The molecule has 0 amide bonds. The average Bonchev–Trinajstić information content (AvgIpc) is 2.87. The standard InChI is InChI=1S/C14H19N3O/c1-4-18-14-9-16-17(10-14)13-7-5-6-12(8-13)11(2)15-3/h5-11,15H,4H2,1-3H3. The molecule has 96 valence electrons. The van der Waals surface area contributed by atoms with Crippen LogP contribution in [0.4, 0.5) is 0 Å². The van der Waals surface area contributed by atoms with E-state index < -0.39 is 0 Å². The van der Waals surface area contributed by atoms with Crippen LogP contribution in [-0.2, 0) is 0 Å². The van der Waals surface area contributed by atoms with E-state index in [0.717, 1.165) is 11.4 Å². The highest BCUT2D eigenvalue weighted by Gasteiger charge is 2.05. The van der Waals surface area contributed by atoms with E-state index in [1.165, 1.54) is 5.56 Å². The van der Waals surface area contributed by atoms with E-state index in [9.17, 15) is 0 Å². The van der Waals surface area contributed by atoms with Gasteiger partial charge in [-0.3, -0.25) is 0 Å². The summed E-state index contributed by atoms with van der Waals surface area (Å²) in [7, 11) is 1.96. The highest BCUT2D eigenvalue weighted by atomic mass is 16.5. The van der Waals surface area contributed by atoms with Crippen molar-refractivity contribution in [2.75, 3.05) is 13.7 Å². The van der Waals surface area contributed by atoms with Crippen molar-refractivity contribution >= 4 is 0 Å². The van der Waals surface area contributed by atoms with Crippen LogP contribution in [0.2, 0.25) is 0 Å². The SMILES string of the molecule is CCOc1cnn(-c2cccc(C(C)NC)c2)c1. The molecule has 0 aliphatic heterocycles. The summed E-state index contributed by atoms with van der Waals surface area (Å²) in [4.78, 5) is 0. The Labute approximate surface area is 108 Å². The van der Waals surface area contributed by atoms with Crippen LogP contribution >= 0.6 is 0 Å². The molecule has 0 radical (unpaired) electrons. The van der Waals surface area contributed by atoms with E-state index >= 15 is 0 Å². The lowest BCUT2D eigenvalue weighted by atomic mass is 10.1. The Bertz CT molecular complexity index is 507. The second-order valence-electron chi connectivity index (χ2n) is 4.16. The first-order valence-electron chi connectivity index (χ1n) is 6.19. The average molecular weight is 245 g/mol. The van der Waals surface area contributed by atoms with E-state index in [2.05, 4.69) is 29.5 Å². The third-order valence-electron chi connectivity index (χ3n) is 2.94. The zero-order valence-electron chi connectivity index (χ0n) is 11.1. The van der Waals surface area contributed by atoms with E-state index in [4.69, 9.17) is 4.74 Å². The molecular formula is C14H19N3O. The van der Waals surface area contributed by atoms with Gasteiger partial charge in [0.05, 0.1) is 24.7 Å². The number of benzene rings is 1. The van der Waals surface area contributed by atoms with Crippen LogP contribution < -0.4 is 10.1 Å². The highest BCUT2D eigenvalue weighted by Crippen LogP contribution is 2.18. The third kappa shape index (κ3) is 2.71. The molecule has 2 aromatic rings. The summed E-state index contributed by atoms with van der Waals surface area (Å²) in [5, 5.41) is 7.53. The summed E-state index contributed by atoms with van der Waals surface area (Å²) < 4.78 is 7.24. The molecule has 2 rings (SSSR count). The third-order valence-corrected chi connectivity index (χ3v) is 2.94. The van der Waals surface area contributed by atoms with E-state index in [0.29, 0.717) is 12.6 Å². The summed E-state index contributed by atoms with van der Waals surface area (Å²) in [6.07, 6.45) is 3.63. The van der Waals surface area contributed by atoms with Gasteiger partial charge in [-0.1, -0.05) is 12.1 Å². The van der Waals surface area contributed by atoms with Crippen LogP contribution in [0.15, 0.2) is 36.7 Å². The number of hydrogen-bond acceptors (Lipinski definition) is 3. The summed E-state index contributed by atoms with van der Waals surface area (Å²) in [5.41, 5.74) is 2.28. The van der Waals surface area contributed by atoms with Crippen LogP contribution in [0.25, 0.3) is 5.69 Å². The van der Waals surface area contributed by atoms with Gasteiger partial charge < -0.3 is 10.1 Å². The van der Waals surface area contributed by atoms with Crippen LogP contribution in [0, 0.1) is 0 Å². The van der Waals surface area contributed by atoms with Crippen LogP contribution in [0.1, 0.15) is 25.5 Å². The number of nitrogens with zero attached hydrogens (tertiary/aromatic N) is 2. The van der Waals surface area contributed by atoms with Crippen molar-refractivity contribution in [1.82, 2.24) is 15.1 Å². The Morgan fingerprint density at radius 2 is 2.28 bits per heavy atom. The number of aromatic nitrogens is 2. The lowest BCUT2D eigenvalue weighted by Crippen LogP contribution is -2.12. The molecule has 1 aromatic carbocycles. The maximum atomic E-state index is 5.41. The normalized spacial score (nSPS) is 12.4. The minimum atomic E-state index is 0.326. The molecule has 0 saturated heterocycles. The van der Waals surface area contributed by atoms with Gasteiger partial charge in [0.1, 0.15) is 0 Å². The Kier molecular flexibility index (Phi) is 3.99. The zero-order chi connectivity index (χ0) is 13.0. The fourth-order valence-electron chi connectivity index (χ4n) is 1.79. The predicted molar refractivity (Wildman–Crippen MR) is 72.2 cm³/mol. The molecule has 4 nitrogen and oxygen atoms in total. The fourth-order valence-corrected chi connectivity index (χ4v) is 1.79. The van der Waals surface area contributed by atoms with Gasteiger partial charge in [-0.15, -0.1) is 0 Å². The highest BCUT2D eigenvalue weighted by molar-refractivity contribution is 5.37. The van der Waals surface area contributed by atoms with Crippen LogP contribution in [0.5, 0.6) is 5.75 Å². The molecular weight excluding hydrogens is 226 g/mol. The van der Waals surface area contributed by atoms with Crippen molar-refractivity contribution < 1.29 is 4.74 Å². The summed E-state index contributed by atoms with van der Waals surface area (Å²) in [6, 6.07) is 8.64. The maximum absolute atomic E-state index is 5.41. The van der Waals surface area contributed by atoms with Gasteiger partial charge in [-0.25, -0.2) is 4.68 Å². The monoisotopic (exact) mass is 245 g/mol. The molecule has 0 fully saturated rings. The van der Waals surface area contributed by atoms with Gasteiger partial charge in [0, 0.05) is 6.04 Å². The van der Waals surface area contributed by atoms with Crippen LogP contribution in [-0.4, -0.2) is 23.4 Å². The molecule has 1 unspecified atom stereocenters. The number of nitrogens with one attached hydrogen (secondary N) is 1. The number of hydrogen-bond donors (Lipinski definition) is 1. The quantitative estimate of drug-likeness (QED) is 0.880. The minimum Gasteiger partial charge on any atom is -0.491 e. The van der Waals surface area contributed by atoms with E-state index in [1.54, 1.807) is 6.20 Å². The second kappa shape index (κ2) is 5.69. The summed E-state index contributed by atoms with van der Waals surface area (Å²) in [5.74, 6) is 0.796. The molecule has 0 aliphatic carbocycles. The van der Waals surface area contributed by atoms with Crippen molar-refractivity contribution in [3.05, 3.63) is 42.2 Å². The Hall–Kier alpha value is -1.81. The molecule has 0 aliphatic rings. The molecule has 0 spiro atoms. The number of rotatable bonds is 5. The van der Waals surface area contributed by atoms with Crippen molar-refractivity contribution in [1.29, 1.82) is 0 Å². The minimum absolute atomic E-state index is 0.326. The van der Waals surface area contributed by atoms with Gasteiger partial charge >= 0.3 is 0 Å². The Morgan fingerprint density at radius 3 is 3.00 bits per heavy atom. The summed E-state index contributed by atoms with van der Waals surface area (Å²) >= 11 is 0. The van der Waals surface area contributed by atoms with Gasteiger partial charge in [0.2, 0.25) is 0 Å². The number of ether oxygens (including phenoxy) is 1. The first-order chi connectivity index (χ1) is 8.74. The van der Waals surface area contributed by atoms with Gasteiger partial charge in [0.25, 0.3) is 0 Å². The molecule has 18 heavy (non-hydrogen) atoms. The first kappa shape index (κ1) is 12.6. The first-order valence-corrected chi connectivity index (χ1v) is 6.19. The molecule has 0 saturated carbocycles. The smallest absolute Gasteiger partial charge is 0.157 e. The van der Waals surface area contributed by atoms with Crippen LogP contribution in [0.3, 0.4) is 0 Å². The van der Waals surface area contributed by atoms with Gasteiger partial charge in [-0.05, 0) is 38.6 Å². The topological polar surface area (TPSA) is 39.1 Å². The predicted octanol–water partition coefficient (Wildman–Crippen LogP) is 2.55. The molecule has 1 atom stereocenters. The fraction of sp³-hybridized carbons (Fsp3) is 0.357. The van der Waals surface area contributed by atoms with Crippen molar-refractivity contribution in [2.45, 2.75) is 19.9 Å². The van der Waals surface area contributed by atoms with Gasteiger partial charge in [-0.2, -0.15) is 5.10 Å². The molecule has 0 bridgehead atoms. The summed E-state index contributed by atoms with van der Waals surface area (Å²) in [6.45, 7) is 4.75. The molecule has 1 N–H and O–H groups in total. The lowest BCUT2D eigenvalue weighted by molar-refractivity contribution is 0.340. The van der Waals surface area contributed by atoms with Gasteiger partial charge in [0.15, 0.2) is 5.75 Å². The van der Waals surface area contributed by atoms with Crippen molar-refractivity contribution in [3.8, 4) is 11.4 Å².